The molecule has 1 heterocycles. The number of halogens is 1. The quantitative estimate of drug-likeness (QED) is 0.222. The van der Waals surface area contributed by atoms with Crippen molar-refractivity contribution < 1.29 is 4.79 Å². The van der Waals surface area contributed by atoms with E-state index in [2.05, 4.69) is 125 Å². The van der Waals surface area contributed by atoms with E-state index in [1.165, 1.54) is 16.7 Å². The maximum Gasteiger partial charge on any atom is 0.215 e. The van der Waals surface area contributed by atoms with E-state index in [1.807, 2.05) is 12.2 Å². The summed E-state index contributed by atoms with van der Waals surface area (Å²) in [6, 6.07) is 12.7. The van der Waals surface area contributed by atoms with Crippen LogP contribution in [0.15, 0.2) is 79.8 Å². The molecule has 0 bridgehead atoms. The summed E-state index contributed by atoms with van der Waals surface area (Å²) in [4.78, 5) is 14.1. The van der Waals surface area contributed by atoms with Gasteiger partial charge in [0.05, 0.1) is 17.1 Å². The molecular formula is C32H36BrN3OS. The monoisotopic (exact) mass is 589 g/mol. The molecule has 3 aromatic rings. The Bertz CT molecular complexity index is 1510. The third-order valence-corrected chi connectivity index (χ3v) is 7.99. The minimum absolute atomic E-state index is 0.0959. The SMILES string of the molecule is Cc1cc(C)c(-n2c(-c3ccc(Br)cc3)cs/c2=N/N=C2C=C(C(C)(C)C)C(=O)C(C(C)(C)C)=C2)c(C)c1. The van der Waals surface area contributed by atoms with Gasteiger partial charge in [0.2, 0.25) is 4.80 Å². The zero-order valence-corrected chi connectivity index (χ0v) is 26.1. The minimum Gasteiger partial charge on any atom is -0.289 e. The number of allylic oxidation sites excluding steroid dienone is 4. The lowest BCUT2D eigenvalue weighted by molar-refractivity contribution is -0.114. The maximum absolute atomic E-state index is 13.3. The maximum atomic E-state index is 13.3. The van der Waals surface area contributed by atoms with Crippen LogP contribution < -0.4 is 4.80 Å². The van der Waals surface area contributed by atoms with E-state index in [0.29, 0.717) is 5.71 Å². The molecule has 0 unspecified atom stereocenters. The standard InChI is InChI=1S/C32H36BrN3OS/c1-19-14-20(2)28(21(3)15-19)36-27(22-10-12-23(33)13-11-22)18-38-30(36)35-34-24-16-25(31(4,5)6)29(37)26(17-24)32(7,8)9/h10-18H,1-9H3/b35-30+. The van der Waals surface area contributed by atoms with Gasteiger partial charge in [0.25, 0.3) is 0 Å². The van der Waals surface area contributed by atoms with Crippen LogP contribution in [0.25, 0.3) is 16.9 Å². The number of nitrogens with zero attached hydrogens (tertiary/aromatic N) is 3. The van der Waals surface area contributed by atoms with Gasteiger partial charge in [-0.05, 0) is 72.6 Å². The summed E-state index contributed by atoms with van der Waals surface area (Å²) in [7, 11) is 0. The van der Waals surface area contributed by atoms with Crippen LogP contribution in [-0.2, 0) is 4.79 Å². The van der Waals surface area contributed by atoms with E-state index in [4.69, 9.17) is 10.2 Å². The number of benzene rings is 2. The first-order valence-electron chi connectivity index (χ1n) is 12.8. The topological polar surface area (TPSA) is 46.7 Å². The van der Waals surface area contributed by atoms with E-state index < -0.39 is 0 Å². The van der Waals surface area contributed by atoms with Crippen molar-refractivity contribution >= 4 is 38.8 Å². The molecule has 6 heteroatoms. The molecule has 0 fully saturated rings. The Labute approximate surface area is 238 Å². The highest BCUT2D eigenvalue weighted by molar-refractivity contribution is 9.10. The number of aromatic nitrogens is 1. The predicted molar refractivity (Wildman–Crippen MR) is 164 cm³/mol. The van der Waals surface area contributed by atoms with Gasteiger partial charge < -0.3 is 0 Å². The van der Waals surface area contributed by atoms with Gasteiger partial charge in [-0.3, -0.25) is 9.36 Å². The zero-order chi connectivity index (χ0) is 28.0. The number of carbonyl (C=O) groups excluding carboxylic acids is 1. The highest BCUT2D eigenvalue weighted by atomic mass is 79.9. The summed E-state index contributed by atoms with van der Waals surface area (Å²) in [6.07, 6.45) is 3.80. The lowest BCUT2D eigenvalue weighted by Gasteiger charge is -2.30. The second-order valence-corrected chi connectivity index (χ2v) is 13.8. The van der Waals surface area contributed by atoms with Gasteiger partial charge in [0.15, 0.2) is 5.78 Å². The summed E-state index contributed by atoms with van der Waals surface area (Å²) in [6.45, 7) is 18.8. The van der Waals surface area contributed by atoms with E-state index in [0.717, 1.165) is 37.4 Å². The molecule has 0 aliphatic heterocycles. The van der Waals surface area contributed by atoms with Gasteiger partial charge in [-0.1, -0.05) is 87.3 Å². The number of carbonyl (C=O) groups is 1. The van der Waals surface area contributed by atoms with Crippen LogP contribution in [0.4, 0.5) is 0 Å². The van der Waals surface area contributed by atoms with Crippen LogP contribution in [0.3, 0.4) is 0 Å². The fraction of sp³-hybridized carbons (Fsp3) is 0.344. The van der Waals surface area contributed by atoms with Crippen LogP contribution in [-0.4, -0.2) is 16.1 Å². The third kappa shape index (κ3) is 5.76. The number of Topliss-reactive ketones (excluding diaryl/α,β-unsaturated/α-hetero) is 1. The molecule has 2 aromatic carbocycles. The summed E-state index contributed by atoms with van der Waals surface area (Å²) < 4.78 is 3.25. The summed E-state index contributed by atoms with van der Waals surface area (Å²) >= 11 is 5.12. The predicted octanol–water partition coefficient (Wildman–Crippen LogP) is 8.68. The molecule has 4 nitrogen and oxygen atoms in total. The molecule has 0 N–H and O–H groups in total. The van der Waals surface area contributed by atoms with Gasteiger partial charge in [-0.2, -0.15) is 0 Å². The van der Waals surface area contributed by atoms with Crippen molar-refractivity contribution in [3.63, 3.8) is 0 Å². The van der Waals surface area contributed by atoms with E-state index >= 15 is 0 Å². The molecule has 1 aromatic heterocycles. The molecule has 0 amide bonds. The second kappa shape index (κ2) is 10.4. The smallest absolute Gasteiger partial charge is 0.215 e. The molecule has 0 saturated carbocycles. The van der Waals surface area contributed by atoms with Crippen molar-refractivity contribution in [2.45, 2.75) is 62.3 Å². The van der Waals surface area contributed by atoms with E-state index in [1.54, 1.807) is 11.3 Å². The van der Waals surface area contributed by atoms with Crippen LogP contribution in [0.1, 0.15) is 58.2 Å². The first kappa shape index (κ1) is 28.2. The van der Waals surface area contributed by atoms with Crippen molar-refractivity contribution in [1.29, 1.82) is 0 Å². The molecule has 0 spiro atoms. The summed E-state index contributed by atoms with van der Waals surface area (Å²) in [5, 5.41) is 11.6. The molecule has 4 rings (SSSR count). The average molecular weight is 591 g/mol. The van der Waals surface area contributed by atoms with Gasteiger partial charge in [0.1, 0.15) is 0 Å². The molecule has 38 heavy (non-hydrogen) atoms. The van der Waals surface area contributed by atoms with Crippen molar-refractivity contribution in [2.24, 2.45) is 21.0 Å². The van der Waals surface area contributed by atoms with Gasteiger partial charge >= 0.3 is 0 Å². The van der Waals surface area contributed by atoms with Crippen molar-refractivity contribution in [3.05, 3.63) is 91.0 Å². The molecule has 0 saturated heterocycles. The van der Waals surface area contributed by atoms with Gasteiger partial charge in [-0.15, -0.1) is 21.5 Å². The number of ketones is 1. The zero-order valence-electron chi connectivity index (χ0n) is 23.7. The largest absolute Gasteiger partial charge is 0.289 e. The lowest BCUT2D eigenvalue weighted by atomic mass is 9.72. The third-order valence-electron chi connectivity index (χ3n) is 6.65. The fourth-order valence-corrected chi connectivity index (χ4v) is 5.94. The second-order valence-electron chi connectivity index (χ2n) is 12.1. The molecule has 1 aliphatic rings. The first-order chi connectivity index (χ1) is 17.7. The molecule has 0 radical (unpaired) electrons. The van der Waals surface area contributed by atoms with E-state index in [9.17, 15) is 4.79 Å². The van der Waals surface area contributed by atoms with Crippen molar-refractivity contribution in [2.75, 3.05) is 0 Å². The molecule has 1 aliphatic carbocycles. The molecular weight excluding hydrogens is 554 g/mol. The van der Waals surface area contributed by atoms with Crippen LogP contribution >= 0.6 is 27.3 Å². The minimum atomic E-state index is -0.295. The van der Waals surface area contributed by atoms with Crippen LogP contribution in [0.2, 0.25) is 0 Å². The number of rotatable bonds is 3. The van der Waals surface area contributed by atoms with E-state index in [-0.39, 0.29) is 16.6 Å². The first-order valence-corrected chi connectivity index (χ1v) is 14.5. The van der Waals surface area contributed by atoms with Crippen LogP contribution in [0.5, 0.6) is 0 Å². The van der Waals surface area contributed by atoms with Crippen LogP contribution in [0, 0.1) is 31.6 Å². The Morgan fingerprint density at radius 3 is 1.84 bits per heavy atom. The number of hydrogen-bond donors (Lipinski definition) is 0. The highest BCUT2D eigenvalue weighted by Gasteiger charge is 2.34. The Kier molecular flexibility index (Phi) is 7.70. The Balaban J connectivity index is 1.98. The fourth-order valence-electron chi connectivity index (χ4n) is 4.83. The normalized spacial score (nSPS) is 15.1. The van der Waals surface area contributed by atoms with Gasteiger partial charge in [-0.25, -0.2) is 0 Å². The van der Waals surface area contributed by atoms with Crippen molar-refractivity contribution in [1.82, 2.24) is 4.57 Å². The number of aryl methyl sites for hydroxylation is 3. The lowest BCUT2D eigenvalue weighted by Crippen LogP contribution is -2.29. The summed E-state index contributed by atoms with van der Waals surface area (Å²) in [5.74, 6) is 0.0959. The Hall–Kier alpha value is -2.83. The van der Waals surface area contributed by atoms with Crippen molar-refractivity contribution in [3.8, 4) is 16.9 Å². The highest BCUT2D eigenvalue weighted by Crippen LogP contribution is 2.37. The summed E-state index contributed by atoms with van der Waals surface area (Å²) in [5.41, 5.74) is 8.51. The Morgan fingerprint density at radius 1 is 0.816 bits per heavy atom. The number of thiazole rings is 1. The molecule has 0 atom stereocenters. The number of hydrogen-bond acceptors (Lipinski definition) is 4. The molecule has 198 valence electrons. The average Bonchev–Trinajstić information content (AvgIpc) is 3.20. The van der Waals surface area contributed by atoms with Gasteiger partial charge in [0, 0.05) is 21.0 Å². The Morgan fingerprint density at radius 2 is 1.34 bits per heavy atom.